The average molecular weight is 488 g/mol. The van der Waals surface area contributed by atoms with Crippen molar-refractivity contribution < 1.29 is 9.52 Å². The first-order chi connectivity index (χ1) is 13.2. The van der Waals surface area contributed by atoms with E-state index < -0.39 is 0 Å². The Morgan fingerprint density at radius 1 is 1.15 bits per heavy atom. The summed E-state index contributed by atoms with van der Waals surface area (Å²) in [6.45, 7) is -0.0484. The Morgan fingerprint density at radius 3 is 2.48 bits per heavy atom. The Labute approximate surface area is 174 Å². The van der Waals surface area contributed by atoms with Gasteiger partial charge in [-0.3, -0.25) is 0 Å². The number of hydrogen-bond donors (Lipinski definition) is 2. The van der Waals surface area contributed by atoms with Crippen LogP contribution >= 0.6 is 34.4 Å². The van der Waals surface area contributed by atoms with Crippen LogP contribution in [-0.4, -0.2) is 22.5 Å². The van der Waals surface area contributed by atoms with Gasteiger partial charge in [0, 0.05) is 15.0 Å². The number of aliphatic hydroxyl groups excluding tert-OH is 1. The molecule has 0 unspecified atom stereocenters. The number of nitrogens with zero attached hydrogens (tertiary/aromatic N) is 3. The zero-order valence-electron chi connectivity index (χ0n) is 13.9. The predicted molar refractivity (Wildman–Crippen MR) is 112 cm³/mol. The van der Waals surface area contributed by atoms with Gasteiger partial charge in [-0.05, 0) is 59.0 Å². The minimum absolute atomic E-state index is 0.0484. The number of nitrogens with one attached hydrogen (secondary N) is 1. The fourth-order valence-electron chi connectivity index (χ4n) is 2.45. The number of nitriles is 2. The lowest BCUT2D eigenvalue weighted by Crippen LogP contribution is -2.04. The smallest absolute Gasteiger partial charge is 0.150 e. The summed E-state index contributed by atoms with van der Waals surface area (Å²) in [4.78, 5) is 4.49. The first-order valence-corrected chi connectivity index (χ1v) is 9.92. The molecule has 3 rings (SSSR count). The van der Waals surface area contributed by atoms with Crippen LogP contribution in [0.4, 0.5) is 11.5 Å². The zero-order valence-corrected chi connectivity index (χ0v) is 16.9. The molecule has 0 amide bonds. The molecule has 134 valence electrons. The fourth-order valence-corrected chi connectivity index (χ4v) is 3.54. The van der Waals surface area contributed by atoms with E-state index in [4.69, 9.17) is 9.52 Å². The molecule has 0 bridgehead atoms. The van der Waals surface area contributed by atoms with E-state index >= 15 is 0 Å². The molecule has 0 atom stereocenters. The maximum atomic E-state index is 9.78. The molecule has 2 aromatic heterocycles. The molecule has 2 N–H and O–H groups in total. The lowest BCUT2D eigenvalue weighted by atomic mass is 10.0. The molecule has 27 heavy (non-hydrogen) atoms. The fraction of sp³-hybridized carbons (Fsp3) is 0.105. The Morgan fingerprint density at radius 2 is 1.89 bits per heavy atom. The highest BCUT2D eigenvalue weighted by molar-refractivity contribution is 14.1. The third-order valence-electron chi connectivity index (χ3n) is 3.59. The number of benzene rings is 1. The van der Waals surface area contributed by atoms with Crippen LogP contribution in [0.2, 0.25) is 0 Å². The average Bonchev–Trinajstić information content (AvgIpc) is 3.21. The Hall–Kier alpha value is -2.53. The van der Waals surface area contributed by atoms with E-state index in [2.05, 4.69) is 45.0 Å². The highest BCUT2D eigenvalue weighted by Gasteiger charge is 2.23. The maximum absolute atomic E-state index is 9.78. The van der Waals surface area contributed by atoms with Gasteiger partial charge in [0.1, 0.15) is 28.5 Å². The second-order valence-corrected chi connectivity index (χ2v) is 7.62. The van der Waals surface area contributed by atoms with Crippen LogP contribution in [0.1, 0.15) is 11.1 Å². The number of furan rings is 1. The molecule has 0 aliphatic heterocycles. The van der Waals surface area contributed by atoms with Crippen LogP contribution in [0.5, 0.6) is 0 Å². The number of aromatic nitrogens is 1. The highest BCUT2D eigenvalue weighted by Crippen LogP contribution is 2.37. The van der Waals surface area contributed by atoms with Gasteiger partial charge in [0.05, 0.1) is 24.0 Å². The molecule has 1 aromatic carbocycles. The Balaban J connectivity index is 2.20. The quantitative estimate of drug-likeness (QED) is 0.388. The molecule has 6 nitrogen and oxygen atoms in total. The number of rotatable bonds is 6. The second-order valence-electron chi connectivity index (χ2n) is 5.30. The number of thioether (sulfide) groups is 1. The van der Waals surface area contributed by atoms with Crippen LogP contribution < -0.4 is 5.32 Å². The third-order valence-corrected chi connectivity index (χ3v) is 5.27. The SMILES string of the molecule is N#Cc1c(Nc2ccc(I)cc2)nc(SCCO)c(C#N)c1-c1ccco1. The van der Waals surface area contributed by atoms with Gasteiger partial charge in [0.25, 0.3) is 0 Å². The predicted octanol–water partition coefficient (Wildman–Crippen LogP) is 4.52. The maximum Gasteiger partial charge on any atom is 0.150 e. The second kappa shape index (κ2) is 8.91. The summed E-state index contributed by atoms with van der Waals surface area (Å²) in [6.07, 6.45) is 1.49. The van der Waals surface area contributed by atoms with E-state index in [0.29, 0.717) is 27.9 Å². The van der Waals surface area contributed by atoms with Crippen LogP contribution in [0, 0.1) is 26.2 Å². The van der Waals surface area contributed by atoms with Gasteiger partial charge in [-0.1, -0.05) is 0 Å². The molecular weight excluding hydrogens is 475 g/mol. The molecule has 0 spiro atoms. The molecule has 2 heterocycles. The molecule has 0 aliphatic carbocycles. The van der Waals surface area contributed by atoms with Gasteiger partial charge in [-0.25, -0.2) is 4.98 Å². The zero-order chi connectivity index (χ0) is 19.2. The van der Waals surface area contributed by atoms with Crippen LogP contribution in [-0.2, 0) is 0 Å². The molecule has 8 heteroatoms. The summed E-state index contributed by atoms with van der Waals surface area (Å²) in [5, 5.41) is 32.2. The van der Waals surface area contributed by atoms with Gasteiger partial charge in [0.2, 0.25) is 0 Å². The van der Waals surface area contributed by atoms with E-state index in [0.717, 1.165) is 9.26 Å². The third kappa shape index (κ3) is 4.25. The summed E-state index contributed by atoms with van der Waals surface area (Å²) >= 11 is 3.47. The molecule has 0 saturated carbocycles. The van der Waals surface area contributed by atoms with E-state index in [9.17, 15) is 10.5 Å². The largest absolute Gasteiger partial charge is 0.464 e. The lowest BCUT2D eigenvalue weighted by molar-refractivity contribution is 0.322. The van der Waals surface area contributed by atoms with Gasteiger partial charge in [-0.15, -0.1) is 11.8 Å². The minimum atomic E-state index is -0.0484. The lowest BCUT2D eigenvalue weighted by Gasteiger charge is -2.14. The van der Waals surface area contributed by atoms with Crippen LogP contribution in [0.3, 0.4) is 0 Å². The monoisotopic (exact) mass is 488 g/mol. The standard InChI is InChI=1S/C19H13IN4O2S/c20-12-3-5-13(6-4-12)23-18-14(10-21)17(16-2-1-8-26-16)15(11-22)19(24-18)27-9-7-25/h1-6,8,25H,7,9H2,(H,23,24). The van der Waals surface area contributed by atoms with Crippen molar-refractivity contribution in [2.45, 2.75) is 5.03 Å². The molecule has 0 radical (unpaired) electrons. The van der Waals surface area contributed by atoms with Crippen molar-refractivity contribution in [1.29, 1.82) is 10.5 Å². The topological polar surface area (TPSA) is 106 Å². The number of anilines is 2. The van der Waals surface area contributed by atoms with Crippen molar-refractivity contribution in [1.82, 2.24) is 4.98 Å². The van der Waals surface area contributed by atoms with Crippen molar-refractivity contribution in [3.05, 3.63) is 57.4 Å². The Kier molecular flexibility index (Phi) is 6.35. The van der Waals surface area contributed by atoms with E-state index in [-0.39, 0.29) is 17.7 Å². The van der Waals surface area contributed by atoms with Gasteiger partial charge in [0.15, 0.2) is 5.82 Å². The number of halogens is 1. The van der Waals surface area contributed by atoms with Gasteiger partial charge < -0.3 is 14.8 Å². The molecule has 0 fully saturated rings. The summed E-state index contributed by atoms with van der Waals surface area (Å²) < 4.78 is 6.55. The van der Waals surface area contributed by atoms with Crippen molar-refractivity contribution in [2.75, 3.05) is 17.7 Å². The first kappa shape index (κ1) is 19.2. The van der Waals surface area contributed by atoms with E-state index in [1.54, 1.807) is 12.1 Å². The van der Waals surface area contributed by atoms with Crippen LogP contribution in [0.15, 0.2) is 52.1 Å². The van der Waals surface area contributed by atoms with E-state index in [1.165, 1.54) is 18.0 Å². The molecule has 0 saturated heterocycles. The number of hydrogen-bond acceptors (Lipinski definition) is 7. The van der Waals surface area contributed by atoms with Crippen molar-refractivity contribution in [2.24, 2.45) is 0 Å². The normalized spacial score (nSPS) is 10.2. The van der Waals surface area contributed by atoms with Crippen molar-refractivity contribution >= 4 is 45.9 Å². The summed E-state index contributed by atoms with van der Waals surface area (Å²) in [5.74, 6) is 1.14. The van der Waals surface area contributed by atoms with Crippen molar-refractivity contribution in [3.63, 3.8) is 0 Å². The summed E-state index contributed by atoms with van der Waals surface area (Å²) in [5.41, 5.74) is 1.66. The number of pyridine rings is 1. The minimum Gasteiger partial charge on any atom is -0.464 e. The van der Waals surface area contributed by atoms with Crippen LogP contribution in [0.25, 0.3) is 11.3 Å². The summed E-state index contributed by atoms with van der Waals surface area (Å²) in [7, 11) is 0. The van der Waals surface area contributed by atoms with E-state index in [1.807, 2.05) is 24.3 Å². The van der Waals surface area contributed by atoms with Gasteiger partial charge >= 0.3 is 0 Å². The van der Waals surface area contributed by atoms with Gasteiger partial charge in [-0.2, -0.15) is 10.5 Å². The highest BCUT2D eigenvalue weighted by atomic mass is 127. The number of aliphatic hydroxyl groups is 1. The molecule has 3 aromatic rings. The first-order valence-electron chi connectivity index (χ1n) is 7.86. The summed E-state index contributed by atoms with van der Waals surface area (Å²) in [6, 6.07) is 15.3. The molecular formula is C19H13IN4O2S. The molecule has 0 aliphatic rings. The van der Waals surface area contributed by atoms with Crippen molar-refractivity contribution in [3.8, 4) is 23.5 Å². The Bertz CT molecular complexity index is 1020.